The third-order valence-corrected chi connectivity index (χ3v) is 4.35. The van der Waals surface area contributed by atoms with Gasteiger partial charge in [0, 0.05) is 16.9 Å². The van der Waals surface area contributed by atoms with Gasteiger partial charge in [-0.2, -0.15) is 0 Å². The number of nitrogens with two attached hydrogens (primary N) is 1. The van der Waals surface area contributed by atoms with E-state index in [0.717, 1.165) is 23.1 Å². The Morgan fingerprint density at radius 1 is 1.24 bits per heavy atom. The smallest absolute Gasteiger partial charge is 0.123 e. The molecule has 0 bridgehead atoms. The Kier molecular flexibility index (Phi) is 3.80. The van der Waals surface area contributed by atoms with Gasteiger partial charge in [-0.05, 0) is 55.2 Å². The van der Waals surface area contributed by atoms with Crippen LogP contribution in [0.3, 0.4) is 0 Å². The predicted octanol–water partition coefficient (Wildman–Crippen LogP) is 4.41. The summed E-state index contributed by atoms with van der Waals surface area (Å²) >= 11 is 3.50. The zero-order valence-corrected chi connectivity index (χ0v) is 14.0. The van der Waals surface area contributed by atoms with Crippen LogP contribution in [-0.4, -0.2) is 5.60 Å². The normalized spacial score (nSPS) is 17.1. The molecule has 0 aromatic heterocycles. The minimum atomic E-state index is -0.102. The van der Waals surface area contributed by atoms with Crippen molar-refractivity contribution in [2.75, 3.05) is 0 Å². The molecule has 1 unspecified atom stereocenters. The summed E-state index contributed by atoms with van der Waals surface area (Å²) in [7, 11) is 0. The summed E-state index contributed by atoms with van der Waals surface area (Å²) in [5.41, 5.74) is 9.97. The fourth-order valence-electron chi connectivity index (χ4n) is 2.90. The Bertz CT molecular complexity index is 666. The maximum absolute atomic E-state index is 6.38. The lowest BCUT2D eigenvalue weighted by atomic mass is 9.95. The van der Waals surface area contributed by atoms with E-state index in [1.54, 1.807) is 0 Å². The van der Waals surface area contributed by atoms with Crippen molar-refractivity contribution in [3.8, 4) is 5.75 Å². The van der Waals surface area contributed by atoms with Crippen molar-refractivity contribution in [1.82, 2.24) is 0 Å². The Morgan fingerprint density at radius 3 is 2.81 bits per heavy atom. The van der Waals surface area contributed by atoms with E-state index < -0.39 is 0 Å². The molecule has 3 heteroatoms. The summed E-state index contributed by atoms with van der Waals surface area (Å²) in [6.07, 6.45) is 1.78. The summed E-state index contributed by atoms with van der Waals surface area (Å²) in [5, 5.41) is 0. The highest BCUT2D eigenvalue weighted by Gasteiger charge is 2.30. The van der Waals surface area contributed by atoms with Gasteiger partial charge in [-0.3, -0.25) is 0 Å². The average molecular weight is 346 g/mol. The predicted molar refractivity (Wildman–Crippen MR) is 89.6 cm³/mol. The van der Waals surface area contributed by atoms with Crippen molar-refractivity contribution in [2.45, 2.75) is 38.3 Å². The van der Waals surface area contributed by atoms with E-state index in [2.05, 4.69) is 60.1 Å². The highest BCUT2D eigenvalue weighted by Crippen LogP contribution is 2.36. The van der Waals surface area contributed by atoms with Gasteiger partial charge in [0.15, 0.2) is 0 Å². The standard InChI is InChI=1S/C18H20BrNO/c1-18(2)11-14-10-13(6-7-17(14)21-18)16(20)9-12-4-3-5-15(19)8-12/h3-8,10,16H,9,11,20H2,1-2H3. The first-order valence-corrected chi connectivity index (χ1v) is 8.04. The van der Waals surface area contributed by atoms with E-state index in [-0.39, 0.29) is 11.6 Å². The Labute approximate surface area is 134 Å². The van der Waals surface area contributed by atoms with Gasteiger partial charge >= 0.3 is 0 Å². The highest BCUT2D eigenvalue weighted by atomic mass is 79.9. The lowest BCUT2D eigenvalue weighted by Crippen LogP contribution is -2.24. The molecule has 2 aromatic rings. The first-order valence-electron chi connectivity index (χ1n) is 7.25. The van der Waals surface area contributed by atoms with Crippen molar-refractivity contribution < 1.29 is 4.74 Å². The number of fused-ring (bicyclic) bond motifs is 1. The number of rotatable bonds is 3. The summed E-state index contributed by atoms with van der Waals surface area (Å²) in [5.74, 6) is 0.999. The van der Waals surface area contributed by atoms with Crippen molar-refractivity contribution in [3.63, 3.8) is 0 Å². The molecule has 0 spiro atoms. The number of benzene rings is 2. The molecular formula is C18H20BrNO. The molecule has 0 fully saturated rings. The second-order valence-corrected chi connectivity index (χ2v) is 7.26. The number of ether oxygens (including phenoxy) is 1. The summed E-state index contributed by atoms with van der Waals surface area (Å²) < 4.78 is 7.01. The molecule has 1 aliphatic heterocycles. The third kappa shape index (κ3) is 3.30. The Morgan fingerprint density at radius 2 is 2.05 bits per heavy atom. The molecule has 0 saturated heterocycles. The van der Waals surface area contributed by atoms with Crippen molar-refractivity contribution in [3.05, 3.63) is 63.6 Å². The molecule has 1 heterocycles. The van der Waals surface area contributed by atoms with Gasteiger partial charge in [-0.25, -0.2) is 0 Å². The fourth-order valence-corrected chi connectivity index (χ4v) is 3.34. The quantitative estimate of drug-likeness (QED) is 0.894. The Hall–Kier alpha value is -1.32. The minimum absolute atomic E-state index is 0.00770. The first-order chi connectivity index (χ1) is 9.93. The van der Waals surface area contributed by atoms with Gasteiger partial charge in [0.2, 0.25) is 0 Å². The van der Waals surface area contributed by atoms with E-state index in [1.807, 2.05) is 12.1 Å². The largest absolute Gasteiger partial charge is 0.487 e. The van der Waals surface area contributed by atoms with Crippen LogP contribution < -0.4 is 10.5 Å². The summed E-state index contributed by atoms with van der Waals surface area (Å²) in [4.78, 5) is 0. The first kappa shape index (κ1) is 14.6. The topological polar surface area (TPSA) is 35.2 Å². The molecule has 3 rings (SSSR count). The molecule has 2 nitrogen and oxygen atoms in total. The monoisotopic (exact) mass is 345 g/mol. The molecule has 110 valence electrons. The molecule has 2 N–H and O–H groups in total. The Balaban J connectivity index is 1.79. The SMILES string of the molecule is CC1(C)Cc2cc(C(N)Cc3cccc(Br)c3)ccc2O1. The fraction of sp³-hybridized carbons (Fsp3) is 0.333. The lowest BCUT2D eigenvalue weighted by molar-refractivity contribution is 0.138. The van der Waals surface area contributed by atoms with Crippen LogP contribution in [0.5, 0.6) is 5.75 Å². The maximum atomic E-state index is 6.38. The molecule has 0 saturated carbocycles. The highest BCUT2D eigenvalue weighted by molar-refractivity contribution is 9.10. The number of halogens is 1. The lowest BCUT2D eigenvalue weighted by Gasteiger charge is -2.16. The summed E-state index contributed by atoms with van der Waals surface area (Å²) in [6.45, 7) is 4.24. The van der Waals surface area contributed by atoms with Gasteiger partial charge < -0.3 is 10.5 Å². The molecule has 0 aliphatic carbocycles. The number of hydrogen-bond donors (Lipinski definition) is 1. The van der Waals surface area contributed by atoms with Gasteiger partial charge in [-0.15, -0.1) is 0 Å². The van der Waals surface area contributed by atoms with Gasteiger partial charge in [0.05, 0.1) is 0 Å². The third-order valence-electron chi connectivity index (χ3n) is 3.86. The molecule has 1 atom stereocenters. The molecule has 21 heavy (non-hydrogen) atoms. The van der Waals surface area contributed by atoms with Crippen molar-refractivity contribution in [1.29, 1.82) is 0 Å². The van der Waals surface area contributed by atoms with Crippen LogP contribution in [0.2, 0.25) is 0 Å². The second kappa shape index (κ2) is 5.47. The second-order valence-electron chi connectivity index (χ2n) is 6.35. The van der Waals surface area contributed by atoms with E-state index >= 15 is 0 Å². The zero-order valence-electron chi connectivity index (χ0n) is 12.4. The van der Waals surface area contributed by atoms with Crippen LogP contribution in [-0.2, 0) is 12.8 Å². The molecular weight excluding hydrogens is 326 g/mol. The molecule has 2 aromatic carbocycles. The van der Waals surface area contributed by atoms with Gasteiger partial charge in [0.1, 0.15) is 11.4 Å². The summed E-state index contributed by atoms with van der Waals surface area (Å²) in [6, 6.07) is 14.7. The van der Waals surface area contributed by atoms with Crippen LogP contribution >= 0.6 is 15.9 Å². The van der Waals surface area contributed by atoms with Crippen LogP contribution in [0.25, 0.3) is 0 Å². The van der Waals surface area contributed by atoms with Crippen molar-refractivity contribution >= 4 is 15.9 Å². The molecule has 0 radical (unpaired) electrons. The maximum Gasteiger partial charge on any atom is 0.123 e. The van der Waals surface area contributed by atoms with Crippen LogP contribution in [0.15, 0.2) is 46.9 Å². The van der Waals surface area contributed by atoms with Gasteiger partial charge in [-0.1, -0.05) is 40.2 Å². The van der Waals surface area contributed by atoms with E-state index in [0.29, 0.717) is 0 Å². The average Bonchev–Trinajstić information content (AvgIpc) is 2.71. The zero-order chi connectivity index (χ0) is 15.0. The minimum Gasteiger partial charge on any atom is -0.487 e. The molecule has 0 amide bonds. The van der Waals surface area contributed by atoms with E-state index in [4.69, 9.17) is 10.5 Å². The van der Waals surface area contributed by atoms with E-state index in [9.17, 15) is 0 Å². The van der Waals surface area contributed by atoms with Gasteiger partial charge in [0.25, 0.3) is 0 Å². The number of hydrogen-bond acceptors (Lipinski definition) is 2. The van der Waals surface area contributed by atoms with Crippen LogP contribution in [0, 0.1) is 0 Å². The van der Waals surface area contributed by atoms with E-state index in [1.165, 1.54) is 16.7 Å². The van der Waals surface area contributed by atoms with Crippen molar-refractivity contribution in [2.24, 2.45) is 5.73 Å². The van der Waals surface area contributed by atoms with Crippen LogP contribution in [0.4, 0.5) is 0 Å². The molecule has 1 aliphatic rings. The van der Waals surface area contributed by atoms with Crippen LogP contribution in [0.1, 0.15) is 36.6 Å².